The molecular weight excluding hydrogens is 208 g/mol. The maximum Gasteiger partial charge on any atom is 0.332 e. The Morgan fingerprint density at radius 1 is 1.21 bits per heavy atom. The molecule has 0 aliphatic carbocycles. The first kappa shape index (κ1) is 9.14. The quantitative estimate of drug-likeness (QED) is 0.451. The summed E-state index contributed by atoms with van der Waals surface area (Å²) >= 11 is 5.74. The largest absolute Gasteiger partial charge is 0.345 e. The SMILES string of the molecule is Cn1c2c(c(=O)n(C)c1=O)N[C@H](Cl)N2. The van der Waals surface area contributed by atoms with Gasteiger partial charge in [-0.15, -0.1) is 0 Å². The zero-order valence-electron chi connectivity index (χ0n) is 7.67. The van der Waals surface area contributed by atoms with Crippen molar-refractivity contribution in [3.05, 3.63) is 20.8 Å². The van der Waals surface area contributed by atoms with Crippen LogP contribution < -0.4 is 21.9 Å². The summed E-state index contributed by atoms with van der Waals surface area (Å²) in [5, 5.41) is 5.51. The van der Waals surface area contributed by atoms with Gasteiger partial charge in [0.15, 0.2) is 5.62 Å². The molecule has 6 nitrogen and oxygen atoms in total. The van der Waals surface area contributed by atoms with E-state index in [0.717, 1.165) is 4.57 Å². The molecule has 1 aliphatic rings. The molecule has 1 aromatic rings. The molecule has 0 fully saturated rings. The number of aromatic nitrogens is 2. The summed E-state index contributed by atoms with van der Waals surface area (Å²) < 4.78 is 2.37. The molecule has 0 spiro atoms. The van der Waals surface area contributed by atoms with Crippen LogP contribution in [0.5, 0.6) is 0 Å². The predicted molar refractivity (Wildman–Crippen MR) is 53.8 cm³/mol. The van der Waals surface area contributed by atoms with Crippen molar-refractivity contribution in [2.75, 3.05) is 10.6 Å². The van der Waals surface area contributed by atoms with E-state index in [1.807, 2.05) is 0 Å². The molecule has 2 rings (SSSR count). The number of halogens is 1. The summed E-state index contributed by atoms with van der Waals surface area (Å²) in [6.45, 7) is 0. The Bertz CT molecular complexity index is 504. The molecule has 0 saturated heterocycles. The Labute approximate surface area is 84.1 Å². The van der Waals surface area contributed by atoms with E-state index < -0.39 is 5.62 Å². The average Bonchev–Trinajstić information content (AvgIpc) is 2.54. The van der Waals surface area contributed by atoms with Crippen LogP contribution in [0.25, 0.3) is 0 Å². The number of fused-ring (bicyclic) bond motifs is 1. The fourth-order valence-electron chi connectivity index (χ4n) is 1.43. The molecule has 1 aromatic heterocycles. The fraction of sp³-hybridized carbons (Fsp3) is 0.429. The van der Waals surface area contributed by atoms with Gasteiger partial charge in [0.25, 0.3) is 5.56 Å². The number of hydrogen-bond donors (Lipinski definition) is 2. The van der Waals surface area contributed by atoms with E-state index in [4.69, 9.17) is 11.6 Å². The number of hydrogen-bond acceptors (Lipinski definition) is 4. The van der Waals surface area contributed by atoms with Gasteiger partial charge in [0.05, 0.1) is 0 Å². The molecule has 0 radical (unpaired) electrons. The highest BCUT2D eigenvalue weighted by molar-refractivity contribution is 6.23. The first-order valence-corrected chi connectivity index (χ1v) is 4.43. The third kappa shape index (κ3) is 1.04. The molecule has 0 unspecified atom stereocenters. The smallest absolute Gasteiger partial charge is 0.332 e. The third-order valence-corrected chi connectivity index (χ3v) is 2.42. The van der Waals surface area contributed by atoms with Gasteiger partial charge < -0.3 is 10.6 Å². The second kappa shape index (κ2) is 2.78. The minimum absolute atomic E-state index is 0.328. The standard InChI is InChI=1S/C7H9ClN4O2/c1-11-4-3(9-6(8)10-4)5(13)12(2)7(11)14/h6,9-10H,1-2H3/t6-/m0/s1. The van der Waals surface area contributed by atoms with Crippen LogP contribution >= 0.6 is 11.6 Å². The minimum atomic E-state index is -0.550. The Hall–Kier alpha value is -1.43. The summed E-state index contributed by atoms with van der Waals surface area (Å²) in [5.74, 6) is 0.429. The molecule has 7 heteroatoms. The van der Waals surface area contributed by atoms with Crippen LogP contribution in [-0.2, 0) is 14.1 Å². The number of anilines is 2. The highest BCUT2D eigenvalue weighted by Gasteiger charge is 2.24. The van der Waals surface area contributed by atoms with Crippen molar-refractivity contribution in [2.24, 2.45) is 14.1 Å². The minimum Gasteiger partial charge on any atom is -0.345 e. The second-order valence-corrected chi connectivity index (χ2v) is 3.52. The third-order valence-electron chi connectivity index (χ3n) is 2.20. The fourth-order valence-corrected chi connectivity index (χ4v) is 1.64. The van der Waals surface area contributed by atoms with E-state index in [0.29, 0.717) is 11.5 Å². The predicted octanol–water partition coefficient (Wildman–Crippen LogP) is -0.556. The first-order valence-electron chi connectivity index (χ1n) is 3.99. The van der Waals surface area contributed by atoms with Crippen LogP contribution in [0.15, 0.2) is 9.59 Å². The van der Waals surface area contributed by atoms with Crippen LogP contribution in [0.3, 0.4) is 0 Å². The van der Waals surface area contributed by atoms with E-state index in [2.05, 4.69) is 10.6 Å². The van der Waals surface area contributed by atoms with Gasteiger partial charge in [-0.2, -0.15) is 0 Å². The molecule has 0 saturated carbocycles. The van der Waals surface area contributed by atoms with Crippen LogP contribution in [0.4, 0.5) is 11.5 Å². The summed E-state index contributed by atoms with van der Waals surface area (Å²) in [6, 6.07) is 0. The Morgan fingerprint density at radius 2 is 1.86 bits per heavy atom. The second-order valence-electron chi connectivity index (χ2n) is 3.08. The average molecular weight is 217 g/mol. The van der Waals surface area contributed by atoms with Crippen molar-refractivity contribution in [2.45, 2.75) is 5.62 Å². The monoisotopic (exact) mass is 216 g/mol. The lowest BCUT2D eigenvalue weighted by atomic mass is 10.4. The van der Waals surface area contributed by atoms with Crippen LogP contribution in [0.1, 0.15) is 0 Å². The van der Waals surface area contributed by atoms with Gasteiger partial charge in [0.2, 0.25) is 0 Å². The van der Waals surface area contributed by atoms with Gasteiger partial charge in [-0.05, 0) is 0 Å². The van der Waals surface area contributed by atoms with Gasteiger partial charge in [0, 0.05) is 14.1 Å². The van der Waals surface area contributed by atoms with Crippen molar-refractivity contribution >= 4 is 23.1 Å². The molecular formula is C7H9ClN4O2. The van der Waals surface area contributed by atoms with E-state index in [9.17, 15) is 9.59 Å². The number of alkyl halides is 1. The van der Waals surface area contributed by atoms with Crippen molar-refractivity contribution in [3.63, 3.8) is 0 Å². The van der Waals surface area contributed by atoms with E-state index in [1.54, 1.807) is 7.05 Å². The van der Waals surface area contributed by atoms with Gasteiger partial charge in [-0.1, -0.05) is 11.6 Å². The van der Waals surface area contributed by atoms with Crippen LogP contribution in [0.2, 0.25) is 0 Å². The maximum atomic E-state index is 11.6. The first-order chi connectivity index (χ1) is 6.52. The van der Waals surface area contributed by atoms with Gasteiger partial charge in [0.1, 0.15) is 11.5 Å². The molecule has 1 aliphatic heterocycles. The molecule has 0 bridgehead atoms. The van der Waals surface area contributed by atoms with Gasteiger partial charge in [-0.3, -0.25) is 13.9 Å². The topological polar surface area (TPSA) is 68.1 Å². The zero-order valence-corrected chi connectivity index (χ0v) is 8.42. The molecule has 0 aromatic carbocycles. The molecule has 1 atom stereocenters. The lowest BCUT2D eigenvalue weighted by Crippen LogP contribution is -2.37. The lowest BCUT2D eigenvalue weighted by Gasteiger charge is -2.06. The molecule has 0 amide bonds. The normalized spacial score (nSPS) is 18.6. The van der Waals surface area contributed by atoms with Crippen molar-refractivity contribution in [1.82, 2.24) is 9.13 Å². The van der Waals surface area contributed by atoms with Crippen molar-refractivity contribution in [1.29, 1.82) is 0 Å². The lowest BCUT2D eigenvalue weighted by molar-refractivity contribution is 0.698. The molecule has 2 heterocycles. The summed E-state index contributed by atoms with van der Waals surface area (Å²) in [6.07, 6.45) is 0. The molecule has 2 N–H and O–H groups in total. The van der Waals surface area contributed by atoms with Crippen LogP contribution in [0, 0.1) is 0 Å². The summed E-state index contributed by atoms with van der Waals surface area (Å²) in [5.41, 5.74) is -0.979. The summed E-state index contributed by atoms with van der Waals surface area (Å²) in [7, 11) is 3.00. The van der Waals surface area contributed by atoms with E-state index in [1.165, 1.54) is 11.6 Å². The highest BCUT2D eigenvalue weighted by Crippen LogP contribution is 2.23. The Balaban J connectivity index is 2.84. The number of rotatable bonds is 0. The number of nitrogens with one attached hydrogen (secondary N) is 2. The Morgan fingerprint density at radius 3 is 2.50 bits per heavy atom. The summed E-state index contributed by atoms with van der Waals surface area (Å²) in [4.78, 5) is 23.0. The number of nitrogens with zero attached hydrogens (tertiary/aromatic N) is 2. The maximum absolute atomic E-state index is 11.6. The molecule has 76 valence electrons. The molecule has 14 heavy (non-hydrogen) atoms. The highest BCUT2D eigenvalue weighted by atomic mass is 35.5. The Kier molecular flexibility index (Phi) is 1.81. The van der Waals surface area contributed by atoms with Gasteiger partial charge >= 0.3 is 5.69 Å². The van der Waals surface area contributed by atoms with E-state index >= 15 is 0 Å². The zero-order chi connectivity index (χ0) is 10.5. The van der Waals surface area contributed by atoms with E-state index in [-0.39, 0.29) is 11.2 Å². The van der Waals surface area contributed by atoms with Crippen LogP contribution in [-0.4, -0.2) is 14.8 Å². The van der Waals surface area contributed by atoms with Crippen molar-refractivity contribution < 1.29 is 0 Å². The van der Waals surface area contributed by atoms with Gasteiger partial charge in [-0.25, -0.2) is 4.79 Å². The van der Waals surface area contributed by atoms with Crippen molar-refractivity contribution in [3.8, 4) is 0 Å².